The van der Waals surface area contributed by atoms with E-state index in [1.54, 1.807) is 34.6 Å². The van der Waals surface area contributed by atoms with Gasteiger partial charge in [0.1, 0.15) is 23.1 Å². The number of carbonyl (C=O) groups is 2. The highest BCUT2D eigenvalue weighted by atomic mass is 35.5. The Morgan fingerprint density at radius 2 is 1.86 bits per heavy atom. The van der Waals surface area contributed by atoms with Crippen LogP contribution in [0.4, 0.5) is 5.82 Å². The monoisotopic (exact) mass is 578 g/mol. The number of aromatic nitrogens is 5. The van der Waals surface area contributed by atoms with Crippen LogP contribution < -0.4 is 4.90 Å². The fourth-order valence-corrected chi connectivity index (χ4v) is 6.09. The van der Waals surface area contributed by atoms with Crippen LogP contribution in [0, 0.1) is 0 Å². The van der Waals surface area contributed by atoms with Gasteiger partial charge in [0, 0.05) is 22.7 Å². The van der Waals surface area contributed by atoms with E-state index < -0.39 is 12.0 Å². The maximum Gasteiger partial charge on any atom is 0.343 e. The lowest BCUT2D eigenvalue weighted by Gasteiger charge is -2.40. The number of Topliss-reactive ketones (excluding diaryl/α,β-unsaturated/α-hetero) is 1. The van der Waals surface area contributed by atoms with Gasteiger partial charge in [0.15, 0.2) is 5.78 Å². The molecule has 2 aliphatic rings. The number of hydrogen-bond donors (Lipinski definition) is 0. The summed E-state index contributed by atoms with van der Waals surface area (Å²) in [7, 11) is 0. The standard InChI is InChI=1S/C32H27ClN6O3/c1-2-42-32(41)26-17-34-39-30(22-11-10-20-6-3-4-7-21(20)16-22)29-27(8-5-9-28(29)40)37(31(26)39)18-24-19-38(36-35-24)25-14-12-23(33)13-15-25/h3-4,6-7,10-17,19,30H,2,5,8-9,18H2,1H3. The number of fused-ring (bicyclic) bond motifs is 2. The number of rotatable bonds is 6. The molecule has 0 saturated heterocycles. The zero-order chi connectivity index (χ0) is 28.8. The van der Waals surface area contributed by atoms with E-state index in [9.17, 15) is 9.59 Å². The van der Waals surface area contributed by atoms with Gasteiger partial charge in [-0.1, -0.05) is 53.2 Å². The van der Waals surface area contributed by atoms with E-state index in [0.717, 1.165) is 34.1 Å². The maximum atomic E-state index is 13.7. The molecule has 0 amide bonds. The average molecular weight is 579 g/mol. The fourth-order valence-electron chi connectivity index (χ4n) is 5.96. The lowest BCUT2D eigenvalue weighted by molar-refractivity contribution is -0.116. The fraction of sp³-hybridized carbons (Fsp3) is 0.219. The van der Waals surface area contributed by atoms with Crippen LogP contribution in [0.3, 0.4) is 0 Å². The second-order valence-corrected chi connectivity index (χ2v) is 10.8. The molecule has 0 radical (unpaired) electrons. The molecule has 210 valence electrons. The van der Waals surface area contributed by atoms with E-state index in [1.165, 1.54) is 0 Å². The Kier molecular flexibility index (Phi) is 6.59. The zero-order valence-corrected chi connectivity index (χ0v) is 23.7. The number of benzene rings is 3. The highest BCUT2D eigenvalue weighted by Gasteiger charge is 2.42. The number of nitrogens with zero attached hydrogens (tertiary/aromatic N) is 6. The molecule has 1 atom stereocenters. The molecule has 3 aromatic carbocycles. The van der Waals surface area contributed by atoms with E-state index >= 15 is 0 Å². The van der Waals surface area contributed by atoms with Crippen LogP contribution in [-0.2, 0) is 16.1 Å². The van der Waals surface area contributed by atoms with Crippen molar-refractivity contribution in [2.24, 2.45) is 0 Å². The molecule has 3 heterocycles. The van der Waals surface area contributed by atoms with E-state index in [0.29, 0.717) is 47.1 Å². The van der Waals surface area contributed by atoms with Gasteiger partial charge in [0.25, 0.3) is 0 Å². The van der Waals surface area contributed by atoms with Gasteiger partial charge >= 0.3 is 5.97 Å². The third-order valence-electron chi connectivity index (χ3n) is 7.83. The van der Waals surface area contributed by atoms with Crippen LogP contribution in [0.5, 0.6) is 0 Å². The molecule has 1 unspecified atom stereocenters. The predicted molar refractivity (Wildman–Crippen MR) is 159 cm³/mol. The number of halogens is 1. The summed E-state index contributed by atoms with van der Waals surface area (Å²) in [5, 5.41) is 16.3. The Bertz CT molecular complexity index is 1870. The minimum Gasteiger partial charge on any atom is -0.462 e. The average Bonchev–Trinajstić information content (AvgIpc) is 3.66. The molecule has 10 heteroatoms. The van der Waals surface area contributed by atoms with Crippen molar-refractivity contribution in [1.29, 1.82) is 0 Å². The summed E-state index contributed by atoms with van der Waals surface area (Å²) in [6, 6.07) is 21.2. The second-order valence-electron chi connectivity index (χ2n) is 10.4. The Hall–Kier alpha value is -4.76. The van der Waals surface area contributed by atoms with E-state index in [2.05, 4.69) is 34.6 Å². The number of carbonyl (C=O) groups excluding carboxylic acids is 2. The first kappa shape index (κ1) is 26.2. The predicted octanol–water partition coefficient (Wildman–Crippen LogP) is 6.06. The molecule has 0 bridgehead atoms. The van der Waals surface area contributed by atoms with Gasteiger partial charge in [-0.3, -0.25) is 4.79 Å². The summed E-state index contributed by atoms with van der Waals surface area (Å²) >= 11 is 6.06. The van der Waals surface area contributed by atoms with Crippen LogP contribution in [0.1, 0.15) is 53.8 Å². The van der Waals surface area contributed by atoms with Crippen molar-refractivity contribution >= 4 is 39.9 Å². The molecule has 1 aliphatic carbocycles. The minimum absolute atomic E-state index is 0.0862. The second kappa shape index (κ2) is 10.6. The molecule has 9 nitrogen and oxygen atoms in total. The lowest BCUT2D eigenvalue weighted by Crippen LogP contribution is -2.39. The Morgan fingerprint density at radius 3 is 2.67 bits per heavy atom. The highest BCUT2D eigenvalue weighted by Crippen LogP contribution is 2.46. The summed E-state index contributed by atoms with van der Waals surface area (Å²) in [6.07, 6.45) is 5.25. The van der Waals surface area contributed by atoms with E-state index in [-0.39, 0.29) is 12.4 Å². The van der Waals surface area contributed by atoms with Gasteiger partial charge in [-0.25, -0.2) is 14.2 Å². The van der Waals surface area contributed by atoms with Gasteiger partial charge in [0.2, 0.25) is 0 Å². The third kappa shape index (κ3) is 4.46. The Balaban J connectivity index is 1.38. The molecular weight excluding hydrogens is 552 g/mol. The molecule has 0 spiro atoms. The van der Waals surface area contributed by atoms with Crippen molar-refractivity contribution in [3.63, 3.8) is 0 Å². The van der Waals surface area contributed by atoms with Gasteiger partial charge < -0.3 is 9.64 Å². The van der Waals surface area contributed by atoms with Crippen LogP contribution in [0.15, 0.2) is 90.4 Å². The van der Waals surface area contributed by atoms with Crippen molar-refractivity contribution in [1.82, 2.24) is 24.8 Å². The normalized spacial score (nSPS) is 16.5. The van der Waals surface area contributed by atoms with Crippen molar-refractivity contribution in [3.05, 3.63) is 112 Å². The maximum absolute atomic E-state index is 13.7. The summed E-state index contributed by atoms with van der Waals surface area (Å²) < 4.78 is 8.91. The molecule has 7 rings (SSSR count). The molecule has 0 fully saturated rings. The Morgan fingerprint density at radius 1 is 1.05 bits per heavy atom. The van der Waals surface area contributed by atoms with Crippen molar-refractivity contribution in [2.45, 2.75) is 38.8 Å². The smallest absolute Gasteiger partial charge is 0.343 e. The third-order valence-corrected chi connectivity index (χ3v) is 8.09. The zero-order valence-electron chi connectivity index (χ0n) is 22.9. The van der Waals surface area contributed by atoms with E-state index in [4.69, 9.17) is 21.4 Å². The van der Waals surface area contributed by atoms with Crippen molar-refractivity contribution in [2.75, 3.05) is 11.5 Å². The van der Waals surface area contributed by atoms with Crippen LogP contribution >= 0.6 is 11.6 Å². The van der Waals surface area contributed by atoms with Gasteiger partial charge in [-0.05, 0) is 66.4 Å². The topological polar surface area (TPSA) is 95.1 Å². The van der Waals surface area contributed by atoms with Crippen LogP contribution in [0.2, 0.25) is 5.02 Å². The largest absolute Gasteiger partial charge is 0.462 e. The van der Waals surface area contributed by atoms with Gasteiger partial charge in [-0.15, -0.1) is 5.10 Å². The summed E-state index contributed by atoms with van der Waals surface area (Å²) in [5.41, 5.74) is 4.35. The lowest BCUT2D eigenvalue weighted by atomic mass is 9.84. The first-order chi connectivity index (χ1) is 20.5. The SMILES string of the molecule is CCOC(=O)c1cnn2c1N(Cc1cn(-c3ccc(Cl)cc3)nn1)C1=C(C(=O)CCC1)C2c1ccc2ccccc2c1. The Labute approximate surface area is 246 Å². The number of allylic oxidation sites excluding steroid dienone is 2. The number of ketones is 1. The molecule has 5 aromatic rings. The first-order valence-corrected chi connectivity index (χ1v) is 14.3. The molecule has 0 saturated carbocycles. The van der Waals surface area contributed by atoms with Crippen LogP contribution in [0.25, 0.3) is 16.5 Å². The number of anilines is 1. The molecule has 1 aliphatic heterocycles. The van der Waals surface area contributed by atoms with Crippen LogP contribution in [-0.4, -0.2) is 43.1 Å². The summed E-state index contributed by atoms with van der Waals surface area (Å²) in [4.78, 5) is 28.9. The molecular formula is C32H27ClN6O3. The van der Waals surface area contributed by atoms with Gasteiger partial charge in [-0.2, -0.15) is 5.10 Å². The molecule has 0 N–H and O–H groups in total. The highest BCUT2D eigenvalue weighted by molar-refractivity contribution is 6.30. The quantitative estimate of drug-likeness (QED) is 0.226. The number of esters is 1. The first-order valence-electron chi connectivity index (χ1n) is 14.0. The minimum atomic E-state index is -0.475. The molecule has 2 aromatic heterocycles. The number of hydrogen-bond acceptors (Lipinski definition) is 7. The van der Waals surface area contributed by atoms with Gasteiger partial charge in [0.05, 0.1) is 31.2 Å². The van der Waals surface area contributed by atoms with E-state index in [1.807, 2.05) is 41.4 Å². The summed E-state index contributed by atoms with van der Waals surface area (Å²) in [5.74, 6) is 0.209. The summed E-state index contributed by atoms with van der Waals surface area (Å²) in [6.45, 7) is 2.31. The van der Waals surface area contributed by atoms with Crippen molar-refractivity contribution < 1.29 is 14.3 Å². The van der Waals surface area contributed by atoms with Crippen molar-refractivity contribution in [3.8, 4) is 5.69 Å². The number of ether oxygens (including phenoxy) is 1. The molecule has 42 heavy (non-hydrogen) atoms.